The minimum atomic E-state index is -3.69. The first kappa shape index (κ1) is 19.1. The molecule has 148 valence electrons. The first-order chi connectivity index (χ1) is 13.5. The Morgan fingerprint density at radius 1 is 1.11 bits per heavy atom. The molecule has 2 N–H and O–H groups in total. The Hall–Kier alpha value is -2.22. The standard InChI is InChI=1S/C21H24N2O4S/c24-21(23-20-11-10-15-5-1-2-9-19(15)20)16-6-3-8-18(13-16)28(25,26)22-14-17-7-4-12-27-17/h1-3,5-6,8-9,13,17,20,22H,4,7,10-12,14H2,(H,23,24)/t17-,20+/m0/s1. The maximum Gasteiger partial charge on any atom is 0.251 e. The molecule has 0 spiro atoms. The second-order valence-electron chi connectivity index (χ2n) is 7.28. The van der Waals surface area contributed by atoms with Crippen LogP contribution >= 0.6 is 0 Å². The van der Waals surface area contributed by atoms with E-state index in [1.54, 1.807) is 12.1 Å². The molecule has 2 aliphatic rings. The zero-order valence-electron chi connectivity index (χ0n) is 15.6. The summed E-state index contributed by atoms with van der Waals surface area (Å²) >= 11 is 0. The lowest BCUT2D eigenvalue weighted by Crippen LogP contribution is -2.32. The number of benzene rings is 2. The number of nitrogens with one attached hydrogen (secondary N) is 2. The molecule has 1 heterocycles. The molecule has 1 amide bonds. The van der Waals surface area contributed by atoms with Gasteiger partial charge in [-0.25, -0.2) is 13.1 Å². The average molecular weight is 401 g/mol. The van der Waals surface area contributed by atoms with Gasteiger partial charge in [-0.1, -0.05) is 30.3 Å². The molecular weight excluding hydrogens is 376 g/mol. The fourth-order valence-corrected chi connectivity index (χ4v) is 4.96. The van der Waals surface area contributed by atoms with Crippen molar-refractivity contribution >= 4 is 15.9 Å². The summed E-state index contributed by atoms with van der Waals surface area (Å²) in [5, 5.41) is 3.03. The number of fused-ring (bicyclic) bond motifs is 1. The summed E-state index contributed by atoms with van der Waals surface area (Å²) in [4.78, 5) is 12.8. The van der Waals surface area contributed by atoms with Crippen molar-refractivity contribution < 1.29 is 17.9 Å². The van der Waals surface area contributed by atoms with E-state index in [0.29, 0.717) is 12.2 Å². The molecule has 1 aliphatic carbocycles. The molecule has 4 rings (SSSR count). The molecule has 2 aromatic carbocycles. The van der Waals surface area contributed by atoms with Crippen molar-refractivity contribution in [2.24, 2.45) is 0 Å². The number of carbonyl (C=O) groups is 1. The van der Waals surface area contributed by atoms with Crippen molar-refractivity contribution in [3.8, 4) is 0 Å². The molecule has 6 nitrogen and oxygen atoms in total. The van der Waals surface area contributed by atoms with Gasteiger partial charge in [-0.15, -0.1) is 0 Å². The third-order valence-corrected chi connectivity index (χ3v) is 6.79. The lowest BCUT2D eigenvalue weighted by atomic mass is 10.1. The monoisotopic (exact) mass is 400 g/mol. The lowest BCUT2D eigenvalue weighted by molar-refractivity contribution is 0.0936. The van der Waals surface area contributed by atoms with E-state index in [-0.39, 0.29) is 29.5 Å². The number of ether oxygens (including phenoxy) is 1. The van der Waals surface area contributed by atoms with Gasteiger partial charge in [-0.05, 0) is 55.0 Å². The Morgan fingerprint density at radius 2 is 1.96 bits per heavy atom. The molecule has 0 bridgehead atoms. The number of hydrogen-bond donors (Lipinski definition) is 2. The fourth-order valence-electron chi connectivity index (χ4n) is 3.84. The minimum Gasteiger partial charge on any atom is -0.377 e. The highest BCUT2D eigenvalue weighted by atomic mass is 32.2. The molecule has 28 heavy (non-hydrogen) atoms. The van der Waals surface area contributed by atoms with Crippen LogP contribution in [0.25, 0.3) is 0 Å². The molecule has 0 radical (unpaired) electrons. The molecule has 1 fully saturated rings. The summed E-state index contributed by atoms with van der Waals surface area (Å²) in [6.45, 7) is 0.921. The summed E-state index contributed by atoms with van der Waals surface area (Å²) in [5.41, 5.74) is 2.73. The molecule has 1 aliphatic heterocycles. The van der Waals surface area contributed by atoms with Gasteiger partial charge >= 0.3 is 0 Å². The second-order valence-corrected chi connectivity index (χ2v) is 9.05. The van der Waals surface area contributed by atoms with Gasteiger partial charge in [0.2, 0.25) is 10.0 Å². The van der Waals surface area contributed by atoms with Gasteiger partial charge in [-0.2, -0.15) is 0 Å². The Labute approximate surface area is 165 Å². The Kier molecular flexibility index (Phi) is 5.48. The Bertz CT molecular complexity index is 968. The summed E-state index contributed by atoms with van der Waals surface area (Å²) in [7, 11) is -3.69. The first-order valence-electron chi connectivity index (χ1n) is 9.63. The highest BCUT2D eigenvalue weighted by Crippen LogP contribution is 2.31. The predicted octanol–water partition coefficient (Wildman–Crippen LogP) is 2.56. The van der Waals surface area contributed by atoms with Crippen molar-refractivity contribution in [3.05, 3.63) is 65.2 Å². The Balaban J connectivity index is 1.45. The summed E-state index contributed by atoms with van der Waals surface area (Å²) < 4.78 is 33.2. The van der Waals surface area contributed by atoms with Gasteiger partial charge in [-0.3, -0.25) is 4.79 Å². The third kappa shape index (κ3) is 4.11. The SMILES string of the molecule is O=C(N[C@@H]1CCc2ccccc21)c1cccc(S(=O)(=O)NC[C@@H]2CCCO2)c1. The third-order valence-electron chi connectivity index (χ3n) is 5.37. The van der Waals surface area contributed by atoms with Gasteiger partial charge in [0.1, 0.15) is 0 Å². The number of rotatable bonds is 6. The van der Waals surface area contributed by atoms with Crippen LogP contribution in [-0.2, 0) is 21.2 Å². The van der Waals surface area contributed by atoms with E-state index in [1.165, 1.54) is 17.7 Å². The van der Waals surface area contributed by atoms with Crippen LogP contribution in [0, 0.1) is 0 Å². The largest absolute Gasteiger partial charge is 0.377 e. The van der Waals surface area contributed by atoms with E-state index in [9.17, 15) is 13.2 Å². The normalized spacial score (nSPS) is 21.4. The number of aryl methyl sites for hydroxylation is 1. The van der Waals surface area contributed by atoms with Crippen LogP contribution in [0.15, 0.2) is 53.4 Å². The molecule has 0 aromatic heterocycles. The first-order valence-corrected chi connectivity index (χ1v) is 11.1. The molecule has 2 aromatic rings. The average Bonchev–Trinajstić information content (AvgIpc) is 3.37. The van der Waals surface area contributed by atoms with Crippen LogP contribution in [0.5, 0.6) is 0 Å². The predicted molar refractivity (Wildman–Crippen MR) is 106 cm³/mol. The van der Waals surface area contributed by atoms with Crippen LogP contribution in [-0.4, -0.2) is 33.6 Å². The summed E-state index contributed by atoms with van der Waals surface area (Å²) in [5.74, 6) is -0.266. The molecule has 1 saturated heterocycles. The van der Waals surface area contributed by atoms with Gasteiger partial charge in [0, 0.05) is 18.7 Å². The van der Waals surface area contributed by atoms with Crippen molar-refractivity contribution in [1.29, 1.82) is 0 Å². The van der Waals surface area contributed by atoms with E-state index in [1.807, 2.05) is 18.2 Å². The van der Waals surface area contributed by atoms with Crippen LogP contribution in [0.3, 0.4) is 0 Å². The quantitative estimate of drug-likeness (QED) is 0.781. The maximum absolute atomic E-state index is 12.7. The van der Waals surface area contributed by atoms with Gasteiger partial charge in [0.05, 0.1) is 17.0 Å². The molecule has 0 saturated carbocycles. The summed E-state index contributed by atoms with van der Waals surface area (Å²) in [6.07, 6.45) is 3.51. The van der Waals surface area contributed by atoms with E-state index in [2.05, 4.69) is 16.1 Å². The molecular formula is C21H24N2O4S. The zero-order valence-corrected chi connectivity index (χ0v) is 16.4. The molecule has 0 unspecified atom stereocenters. The van der Waals surface area contributed by atoms with E-state index in [4.69, 9.17) is 4.74 Å². The highest BCUT2D eigenvalue weighted by Gasteiger charge is 2.25. The van der Waals surface area contributed by atoms with E-state index in [0.717, 1.165) is 31.2 Å². The van der Waals surface area contributed by atoms with Gasteiger partial charge < -0.3 is 10.1 Å². The van der Waals surface area contributed by atoms with Gasteiger partial charge in [0.15, 0.2) is 0 Å². The number of amides is 1. The number of carbonyl (C=O) groups excluding carboxylic acids is 1. The van der Waals surface area contributed by atoms with Crippen LogP contribution in [0.4, 0.5) is 0 Å². The maximum atomic E-state index is 12.7. The topological polar surface area (TPSA) is 84.5 Å². The lowest BCUT2D eigenvalue weighted by Gasteiger charge is -2.15. The van der Waals surface area contributed by atoms with Crippen molar-refractivity contribution in [1.82, 2.24) is 10.0 Å². The van der Waals surface area contributed by atoms with Crippen molar-refractivity contribution in [2.45, 2.75) is 42.7 Å². The van der Waals surface area contributed by atoms with Crippen molar-refractivity contribution in [3.63, 3.8) is 0 Å². The Morgan fingerprint density at radius 3 is 2.79 bits per heavy atom. The molecule has 7 heteroatoms. The second kappa shape index (κ2) is 8.03. The zero-order chi connectivity index (χ0) is 19.6. The molecule has 2 atom stereocenters. The number of sulfonamides is 1. The van der Waals surface area contributed by atoms with E-state index < -0.39 is 10.0 Å². The van der Waals surface area contributed by atoms with Crippen LogP contribution in [0.1, 0.15) is 46.8 Å². The summed E-state index contributed by atoms with van der Waals surface area (Å²) in [6, 6.07) is 14.2. The van der Waals surface area contributed by atoms with Crippen LogP contribution in [0.2, 0.25) is 0 Å². The highest BCUT2D eigenvalue weighted by molar-refractivity contribution is 7.89. The minimum absolute atomic E-state index is 0.0402. The van der Waals surface area contributed by atoms with Crippen LogP contribution < -0.4 is 10.0 Å². The van der Waals surface area contributed by atoms with Gasteiger partial charge in [0.25, 0.3) is 5.91 Å². The van der Waals surface area contributed by atoms with Crippen molar-refractivity contribution in [2.75, 3.05) is 13.2 Å². The smallest absolute Gasteiger partial charge is 0.251 e. The fraction of sp³-hybridized carbons (Fsp3) is 0.381. The van der Waals surface area contributed by atoms with E-state index >= 15 is 0 Å². The number of hydrogen-bond acceptors (Lipinski definition) is 4.